The van der Waals surface area contributed by atoms with E-state index in [0.29, 0.717) is 12.1 Å². The van der Waals surface area contributed by atoms with Crippen LogP contribution in [0.4, 0.5) is 0 Å². The molecular formula is C16H26ClNO. The van der Waals surface area contributed by atoms with Crippen molar-refractivity contribution < 1.29 is 4.74 Å². The molecule has 3 heteroatoms. The number of nitrogens with one attached hydrogen (secondary N) is 1. The van der Waals surface area contributed by atoms with Gasteiger partial charge in [0.15, 0.2) is 0 Å². The Hall–Kier alpha value is -0.730. The highest BCUT2D eigenvalue weighted by Gasteiger charge is 2.22. The fraction of sp³-hybridized carbons (Fsp3) is 0.625. The van der Waals surface area contributed by atoms with Gasteiger partial charge >= 0.3 is 0 Å². The molecule has 0 amide bonds. The Morgan fingerprint density at radius 3 is 2.68 bits per heavy atom. The van der Waals surface area contributed by atoms with Crippen molar-refractivity contribution in [3.05, 3.63) is 29.3 Å². The molecule has 108 valence electrons. The van der Waals surface area contributed by atoms with Crippen LogP contribution in [0.15, 0.2) is 18.2 Å². The number of methoxy groups -OCH3 is 1. The molecule has 1 atom stereocenters. The Kier molecular flexibility index (Phi) is 6.67. The van der Waals surface area contributed by atoms with Crippen LogP contribution in [0.2, 0.25) is 0 Å². The lowest BCUT2D eigenvalue weighted by Crippen LogP contribution is -2.41. The standard InChI is InChI=1S/C16H25NO.ClH/c1-4-13(5-2)17-14-10-9-12-7-6-8-16(18-3)15(12)11-14;/h6-8,13-14,17H,4-5,9-11H2,1-3H3;1H. The third-order valence-corrected chi connectivity index (χ3v) is 4.12. The van der Waals surface area contributed by atoms with Crippen molar-refractivity contribution in [1.29, 1.82) is 0 Å². The van der Waals surface area contributed by atoms with Crippen LogP contribution in [-0.4, -0.2) is 19.2 Å². The van der Waals surface area contributed by atoms with Gasteiger partial charge in [-0.1, -0.05) is 26.0 Å². The van der Waals surface area contributed by atoms with Gasteiger partial charge in [0.1, 0.15) is 5.75 Å². The molecule has 0 saturated heterocycles. The van der Waals surface area contributed by atoms with Gasteiger partial charge in [-0.2, -0.15) is 0 Å². The molecule has 0 saturated carbocycles. The Balaban J connectivity index is 0.00000180. The third kappa shape index (κ3) is 3.87. The number of rotatable bonds is 5. The summed E-state index contributed by atoms with van der Waals surface area (Å²) in [6.07, 6.45) is 5.95. The quantitative estimate of drug-likeness (QED) is 0.889. The normalized spacial score (nSPS) is 17.8. The highest BCUT2D eigenvalue weighted by Crippen LogP contribution is 2.29. The summed E-state index contributed by atoms with van der Waals surface area (Å²) in [4.78, 5) is 0. The largest absolute Gasteiger partial charge is 0.496 e. The summed E-state index contributed by atoms with van der Waals surface area (Å²) in [7, 11) is 1.77. The van der Waals surface area contributed by atoms with Crippen LogP contribution >= 0.6 is 12.4 Å². The number of hydrogen-bond acceptors (Lipinski definition) is 2. The van der Waals surface area contributed by atoms with Gasteiger partial charge in [0.25, 0.3) is 0 Å². The summed E-state index contributed by atoms with van der Waals surface area (Å²) in [5.41, 5.74) is 2.88. The van der Waals surface area contributed by atoms with E-state index >= 15 is 0 Å². The average Bonchev–Trinajstić information content (AvgIpc) is 2.43. The summed E-state index contributed by atoms with van der Waals surface area (Å²) < 4.78 is 5.49. The summed E-state index contributed by atoms with van der Waals surface area (Å²) in [5, 5.41) is 3.79. The first-order valence-corrected chi connectivity index (χ1v) is 7.19. The zero-order chi connectivity index (χ0) is 13.0. The molecule has 1 aromatic carbocycles. The van der Waals surface area contributed by atoms with Crippen molar-refractivity contribution in [3.63, 3.8) is 0 Å². The number of fused-ring (bicyclic) bond motifs is 1. The highest BCUT2D eigenvalue weighted by atomic mass is 35.5. The maximum absolute atomic E-state index is 5.49. The molecule has 1 aliphatic carbocycles. The number of hydrogen-bond donors (Lipinski definition) is 1. The molecule has 0 heterocycles. The van der Waals surface area contributed by atoms with Crippen LogP contribution in [0.5, 0.6) is 5.75 Å². The monoisotopic (exact) mass is 283 g/mol. The van der Waals surface area contributed by atoms with Crippen molar-refractivity contribution in [2.24, 2.45) is 0 Å². The molecule has 0 spiro atoms. The predicted octanol–water partition coefficient (Wildman–Crippen LogP) is 3.75. The van der Waals surface area contributed by atoms with Crippen LogP contribution in [-0.2, 0) is 12.8 Å². The van der Waals surface area contributed by atoms with Gasteiger partial charge < -0.3 is 10.1 Å². The molecule has 0 radical (unpaired) electrons. The molecule has 1 aromatic rings. The van der Waals surface area contributed by atoms with E-state index in [1.54, 1.807) is 7.11 Å². The zero-order valence-electron chi connectivity index (χ0n) is 12.2. The Morgan fingerprint density at radius 2 is 2.05 bits per heavy atom. The van der Waals surface area contributed by atoms with E-state index < -0.39 is 0 Å². The molecule has 2 rings (SSSR count). The van der Waals surface area contributed by atoms with Crippen LogP contribution in [0.25, 0.3) is 0 Å². The molecule has 0 bridgehead atoms. The molecule has 2 nitrogen and oxygen atoms in total. The third-order valence-electron chi connectivity index (χ3n) is 4.12. The molecule has 0 aromatic heterocycles. The Morgan fingerprint density at radius 1 is 1.32 bits per heavy atom. The van der Waals surface area contributed by atoms with E-state index in [1.165, 1.54) is 36.8 Å². The molecule has 1 N–H and O–H groups in total. The maximum Gasteiger partial charge on any atom is 0.122 e. The van der Waals surface area contributed by atoms with Crippen molar-refractivity contribution >= 4 is 12.4 Å². The summed E-state index contributed by atoms with van der Waals surface area (Å²) in [6.45, 7) is 4.52. The lowest BCUT2D eigenvalue weighted by atomic mass is 9.87. The van der Waals surface area contributed by atoms with Crippen molar-refractivity contribution in [1.82, 2.24) is 5.32 Å². The van der Waals surface area contributed by atoms with Crippen LogP contribution in [0, 0.1) is 0 Å². The first kappa shape index (κ1) is 16.3. The SMILES string of the molecule is CCC(CC)NC1CCc2cccc(OC)c2C1.Cl. The van der Waals surface area contributed by atoms with Crippen LogP contribution in [0.3, 0.4) is 0 Å². The average molecular weight is 284 g/mol. The van der Waals surface area contributed by atoms with E-state index in [9.17, 15) is 0 Å². The molecule has 1 unspecified atom stereocenters. The van der Waals surface area contributed by atoms with Gasteiger partial charge in [0, 0.05) is 12.1 Å². The summed E-state index contributed by atoms with van der Waals surface area (Å²) >= 11 is 0. The van der Waals surface area contributed by atoms with Crippen molar-refractivity contribution in [2.75, 3.05) is 7.11 Å². The highest BCUT2D eigenvalue weighted by molar-refractivity contribution is 5.85. The van der Waals surface area contributed by atoms with E-state index in [1.807, 2.05) is 0 Å². The topological polar surface area (TPSA) is 21.3 Å². The van der Waals surface area contributed by atoms with Crippen molar-refractivity contribution in [3.8, 4) is 5.75 Å². The smallest absolute Gasteiger partial charge is 0.122 e. The van der Waals surface area contributed by atoms with Gasteiger partial charge in [-0.25, -0.2) is 0 Å². The van der Waals surface area contributed by atoms with Crippen molar-refractivity contribution in [2.45, 2.75) is 58.0 Å². The Bertz CT molecular complexity index is 376. The second kappa shape index (κ2) is 7.76. The summed E-state index contributed by atoms with van der Waals surface area (Å²) in [5.74, 6) is 1.06. The second-order valence-electron chi connectivity index (χ2n) is 5.22. The molecule has 19 heavy (non-hydrogen) atoms. The zero-order valence-corrected chi connectivity index (χ0v) is 13.1. The number of aryl methyl sites for hydroxylation is 1. The second-order valence-corrected chi connectivity index (χ2v) is 5.22. The van der Waals surface area contributed by atoms with Gasteiger partial charge in [-0.3, -0.25) is 0 Å². The Labute approximate surface area is 123 Å². The van der Waals surface area contributed by atoms with Gasteiger partial charge in [-0.05, 0) is 49.3 Å². The lowest BCUT2D eigenvalue weighted by molar-refractivity contribution is 0.364. The molecule has 0 aliphatic heterocycles. The predicted molar refractivity (Wildman–Crippen MR) is 83.6 cm³/mol. The maximum atomic E-state index is 5.49. The van der Waals surface area contributed by atoms with Crippen LogP contribution < -0.4 is 10.1 Å². The van der Waals surface area contributed by atoms with Crippen LogP contribution in [0.1, 0.15) is 44.2 Å². The first-order chi connectivity index (χ1) is 8.78. The van der Waals surface area contributed by atoms with E-state index in [0.717, 1.165) is 12.2 Å². The molecular weight excluding hydrogens is 258 g/mol. The van der Waals surface area contributed by atoms with Gasteiger partial charge in [-0.15, -0.1) is 12.4 Å². The van der Waals surface area contributed by atoms with E-state index in [4.69, 9.17) is 4.74 Å². The van der Waals surface area contributed by atoms with E-state index in [2.05, 4.69) is 37.4 Å². The number of halogens is 1. The number of ether oxygens (including phenoxy) is 1. The minimum Gasteiger partial charge on any atom is -0.496 e. The number of benzene rings is 1. The molecule has 1 aliphatic rings. The fourth-order valence-corrected chi connectivity index (χ4v) is 2.95. The minimum atomic E-state index is 0. The van der Waals surface area contributed by atoms with E-state index in [-0.39, 0.29) is 12.4 Å². The first-order valence-electron chi connectivity index (χ1n) is 7.19. The minimum absolute atomic E-state index is 0. The van der Waals surface area contributed by atoms with Gasteiger partial charge in [0.2, 0.25) is 0 Å². The molecule has 0 fully saturated rings. The van der Waals surface area contributed by atoms with Gasteiger partial charge in [0.05, 0.1) is 7.11 Å². The summed E-state index contributed by atoms with van der Waals surface area (Å²) in [6, 6.07) is 7.69. The fourth-order valence-electron chi connectivity index (χ4n) is 2.95. The lowest BCUT2D eigenvalue weighted by Gasteiger charge is -2.30.